The Morgan fingerprint density at radius 2 is 1.83 bits per heavy atom. The van der Waals surface area contributed by atoms with Gasteiger partial charge in [0.25, 0.3) is 11.5 Å². The lowest BCUT2D eigenvalue weighted by molar-refractivity contribution is 0.0715. The fraction of sp³-hybridized carbons (Fsp3) is 0.387. The molecule has 10 heteroatoms. The quantitative estimate of drug-likeness (QED) is 0.344. The van der Waals surface area contributed by atoms with Crippen LogP contribution >= 0.6 is 0 Å². The fourth-order valence-corrected chi connectivity index (χ4v) is 5.75. The van der Waals surface area contributed by atoms with Crippen LogP contribution in [0.25, 0.3) is 10.9 Å². The lowest BCUT2D eigenvalue weighted by Gasteiger charge is -2.31. The minimum Gasteiger partial charge on any atom is -0.496 e. The normalized spacial score (nSPS) is 15.0. The van der Waals surface area contributed by atoms with Gasteiger partial charge in [-0.3, -0.25) is 9.59 Å². The molecule has 0 spiro atoms. The standard InChI is InChI=1S/C31H34N4O6/c1-38-26-9-10-27(39-2)28-23(26)17-21(29(33-28)34-11-14-40-15-12-34)18-35(19-22-7-5-13-41-22)31(37)24-16-20-6-3-4-8-25(20)32-30(24)36/h5,7,9-10,13,16-17H,3-4,6,8,11-12,14-15,18-19H2,1-2H3,(H,32,36). The first-order chi connectivity index (χ1) is 20.1. The topological polar surface area (TPSA) is 110 Å². The smallest absolute Gasteiger partial charge is 0.261 e. The molecule has 0 unspecified atom stereocenters. The van der Waals surface area contributed by atoms with Crippen molar-refractivity contribution in [2.75, 3.05) is 45.4 Å². The number of nitrogens with zero attached hydrogens (tertiary/aromatic N) is 3. The number of amides is 1. The van der Waals surface area contributed by atoms with Crippen molar-refractivity contribution in [3.8, 4) is 11.5 Å². The zero-order valence-corrected chi connectivity index (χ0v) is 23.4. The monoisotopic (exact) mass is 558 g/mol. The summed E-state index contributed by atoms with van der Waals surface area (Å²) in [6.45, 7) is 2.87. The molecule has 1 saturated heterocycles. The number of rotatable bonds is 8. The maximum atomic E-state index is 14.1. The Kier molecular flexibility index (Phi) is 7.65. The van der Waals surface area contributed by atoms with Crippen molar-refractivity contribution in [3.63, 3.8) is 0 Å². The second-order valence-electron chi connectivity index (χ2n) is 10.4. The van der Waals surface area contributed by atoms with Gasteiger partial charge in [-0.25, -0.2) is 4.98 Å². The van der Waals surface area contributed by atoms with Gasteiger partial charge >= 0.3 is 0 Å². The molecule has 1 amide bonds. The van der Waals surface area contributed by atoms with Crippen LogP contribution in [0.5, 0.6) is 11.5 Å². The number of H-pyrrole nitrogens is 1. The molecule has 1 N–H and O–H groups in total. The van der Waals surface area contributed by atoms with Gasteiger partial charge in [-0.05, 0) is 67.6 Å². The van der Waals surface area contributed by atoms with Crippen LogP contribution in [-0.4, -0.2) is 61.3 Å². The van der Waals surface area contributed by atoms with Gasteiger partial charge in [0.1, 0.15) is 34.2 Å². The second kappa shape index (κ2) is 11.7. The summed E-state index contributed by atoms with van der Waals surface area (Å²) in [6.07, 6.45) is 5.33. The van der Waals surface area contributed by atoms with Crippen molar-refractivity contribution in [1.82, 2.24) is 14.9 Å². The van der Waals surface area contributed by atoms with Crippen LogP contribution in [-0.2, 0) is 30.7 Å². The van der Waals surface area contributed by atoms with Crippen LogP contribution in [0.4, 0.5) is 5.82 Å². The molecule has 0 saturated carbocycles. The van der Waals surface area contributed by atoms with Crippen molar-refractivity contribution in [2.45, 2.75) is 38.8 Å². The van der Waals surface area contributed by atoms with E-state index in [9.17, 15) is 9.59 Å². The van der Waals surface area contributed by atoms with E-state index < -0.39 is 0 Å². The number of anilines is 1. The summed E-state index contributed by atoms with van der Waals surface area (Å²) in [4.78, 5) is 39.1. The zero-order chi connectivity index (χ0) is 28.3. The molecule has 41 heavy (non-hydrogen) atoms. The highest BCUT2D eigenvalue weighted by molar-refractivity contribution is 5.95. The van der Waals surface area contributed by atoms with Crippen molar-refractivity contribution in [3.05, 3.63) is 81.2 Å². The summed E-state index contributed by atoms with van der Waals surface area (Å²) < 4.78 is 22.6. The Morgan fingerprint density at radius 1 is 1.05 bits per heavy atom. The summed E-state index contributed by atoms with van der Waals surface area (Å²) in [5.41, 5.74) is 3.24. The average molecular weight is 559 g/mol. The summed E-state index contributed by atoms with van der Waals surface area (Å²) in [5, 5.41) is 0.774. The minimum absolute atomic E-state index is 0.137. The fourth-order valence-electron chi connectivity index (χ4n) is 5.75. The molecule has 10 nitrogen and oxygen atoms in total. The molecule has 214 valence electrons. The molecule has 1 aromatic carbocycles. The number of furan rings is 1. The second-order valence-corrected chi connectivity index (χ2v) is 10.4. The molecule has 1 aliphatic carbocycles. The largest absolute Gasteiger partial charge is 0.496 e. The molecule has 3 aromatic heterocycles. The third-order valence-corrected chi connectivity index (χ3v) is 7.86. The number of morpholine rings is 1. The van der Waals surface area contributed by atoms with E-state index >= 15 is 0 Å². The lowest BCUT2D eigenvalue weighted by atomic mass is 9.95. The van der Waals surface area contributed by atoms with E-state index in [4.69, 9.17) is 23.6 Å². The minimum atomic E-state index is -0.364. The first-order valence-electron chi connectivity index (χ1n) is 14.0. The van der Waals surface area contributed by atoms with Crippen molar-refractivity contribution in [1.29, 1.82) is 0 Å². The molecule has 4 aromatic rings. The predicted molar refractivity (Wildman–Crippen MR) is 154 cm³/mol. The SMILES string of the molecule is COc1ccc(OC)c2nc(N3CCOCC3)c(CN(Cc3ccco3)C(=O)c3cc4c([nH]c3=O)CCCC4)cc12. The number of aromatic nitrogens is 2. The number of methoxy groups -OCH3 is 2. The van der Waals surface area contributed by atoms with Gasteiger partial charge in [0.15, 0.2) is 0 Å². The number of fused-ring (bicyclic) bond motifs is 2. The Labute approximate surface area is 237 Å². The number of ether oxygens (including phenoxy) is 3. The molecular weight excluding hydrogens is 524 g/mol. The van der Waals surface area contributed by atoms with Crippen molar-refractivity contribution >= 4 is 22.6 Å². The van der Waals surface area contributed by atoms with Gasteiger partial charge in [-0.1, -0.05) is 0 Å². The highest BCUT2D eigenvalue weighted by Gasteiger charge is 2.27. The van der Waals surface area contributed by atoms with Gasteiger partial charge in [0.05, 0.1) is 46.8 Å². The number of aromatic amines is 1. The van der Waals surface area contributed by atoms with Gasteiger partial charge in [0, 0.05) is 29.7 Å². The number of aryl methyl sites for hydroxylation is 2. The Hall–Kier alpha value is -4.31. The van der Waals surface area contributed by atoms with Crippen molar-refractivity contribution < 1.29 is 23.4 Å². The third kappa shape index (κ3) is 5.39. The molecule has 0 atom stereocenters. The van der Waals surface area contributed by atoms with E-state index in [1.165, 1.54) is 0 Å². The van der Waals surface area contributed by atoms with Crippen LogP contribution in [0.2, 0.25) is 0 Å². The third-order valence-electron chi connectivity index (χ3n) is 7.86. The molecule has 4 heterocycles. The maximum absolute atomic E-state index is 14.1. The summed E-state index contributed by atoms with van der Waals surface area (Å²) in [5.74, 6) is 2.28. The van der Waals surface area contributed by atoms with Crippen LogP contribution in [0.15, 0.2) is 51.9 Å². The lowest BCUT2D eigenvalue weighted by Crippen LogP contribution is -2.39. The molecule has 1 fully saturated rings. The van der Waals surface area contributed by atoms with Crippen molar-refractivity contribution in [2.24, 2.45) is 0 Å². The predicted octanol–water partition coefficient (Wildman–Crippen LogP) is 4.09. The van der Waals surface area contributed by atoms with E-state index in [0.29, 0.717) is 49.1 Å². The van der Waals surface area contributed by atoms with E-state index in [-0.39, 0.29) is 30.1 Å². The molecular formula is C31H34N4O6. The van der Waals surface area contributed by atoms with Crippen LogP contribution < -0.4 is 19.9 Å². The molecule has 0 radical (unpaired) electrons. The number of nitrogens with one attached hydrogen (secondary N) is 1. The van der Waals surface area contributed by atoms with Gasteiger partial charge in [0.2, 0.25) is 0 Å². The number of carbonyl (C=O) groups is 1. The number of hydrogen-bond donors (Lipinski definition) is 1. The summed E-state index contributed by atoms with van der Waals surface area (Å²) in [6, 6.07) is 11.1. The molecule has 0 bridgehead atoms. The first kappa shape index (κ1) is 26.9. The van der Waals surface area contributed by atoms with Gasteiger partial charge < -0.3 is 33.4 Å². The number of carbonyl (C=O) groups excluding carboxylic acids is 1. The van der Waals surface area contributed by atoms with Crippen LogP contribution in [0, 0.1) is 0 Å². The molecule has 2 aliphatic rings. The first-order valence-corrected chi connectivity index (χ1v) is 14.0. The van der Waals surface area contributed by atoms with Gasteiger partial charge in [-0.2, -0.15) is 0 Å². The Balaban J connectivity index is 1.46. The highest BCUT2D eigenvalue weighted by Crippen LogP contribution is 2.36. The van der Waals surface area contributed by atoms with E-state index in [1.807, 2.05) is 24.3 Å². The molecule has 1 aliphatic heterocycles. The molecule has 6 rings (SSSR count). The van der Waals surface area contributed by atoms with Gasteiger partial charge in [-0.15, -0.1) is 0 Å². The summed E-state index contributed by atoms with van der Waals surface area (Å²) >= 11 is 0. The maximum Gasteiger partial charge on any atom is 0.261 e. The van der Waals surface area contributed by atoms with E-state index in [1.54, 1.807) is 37.5 Å². The number of pyridine rings is 2. The Morgan fingerprint density at radius 3 is 2.59 bits per heavy atom. The van der Waals surface area contributed by atoms with Crippen LogP contribution in [0.1, 0.15) is 45.8 Å². The zero-order valence-electron chi connectivity index (χ0n) is 23.4. The van der Waals surface area contributed by atoms with E-state index in [2.05, 4.69) is 9.88 Å². The van der Waals surface area contributed by atoms with Crippen LogP contribution in [0.3, 0.4) is 0 Å². The van der Waals surface area contributed by atoms with E-state index in [0.717, 1.165) is 53.7 Å². The average Bonchev–Trinajstić information content (AvgIpc) is 3.53. The highest BCUT2D eigenvalue weighted by atomic mass is 16.5. The summed E-state index contributed by atoms with van der Waals surface area (Å²) in [7, 11) is 3.23. The Bertz CT molecular complexity index is 1610. The number of benzene rings is 1. The number of hydrogen-bond acceptors (Lipinski definition) is 8.